The van der Waals surface area contributed by atoms with Gasteiger partial charge in [-0.1, -0.05) is 12.1 Å². The fraction of sp³-hybridized carbons (Fsp3) is 0.154. The topological polar surface area (TPSA) is 38.9 Å². The quantitative estimate of drug-likeness (QED) is 0.835. The third kappa shape index (κ3) is 2.09. The zero-order valence-corrected chi connectivity index (χ0v) is 9.62. The van der Waals surface area contributed by atoms with Crippen LogP contribution in [-0.2, 0) is 0 Å². The molecule has 0 bridgehead atoms. The van der Waals surface area contributed by atoms with Gasteiger partial charge in [0.1, 0.15) is 0 Å². The van der Waals surface area contributed by atoms with Crippen LogP contribution >= 0.6 is 0 Å². The molecule has 2 rings (SSSR count). The molecule has 2 N–H and O–H groups in total. The molecule has 0 saturated heterocycles. The number of benzene rings is 1. The Morgan fingerprint density at radius 3 is 2.50 bits per heavy atom. The van der Waals surface area contributed by atoms with Gasteiger partial charge in [0.05, 0.1) is 11.7 Å². The fourth-order valence-corrected chi connectivity index (χ4v) is 1.75. The number of rotatable bonds is 2. The van der Waals surface area contributed by atoms with E-state index in [2.05, 4.69) is 4.98 Å². The molecule has 1 aromatic heterocycles. The first-order valence-corrected chi connectivity index (χ1v) is 5.33. The Morgan fingerprint density at radius 2 is 1.83 bits per heavy atom. The van der Waals surface area contributed by atoms with Crippen LogP contribution in [0.5, 0.6) is 0 Å². The largest absolute Gasteiger partial charge is 0.319 e. The average molecular weight is 252 g/mol. The van der Waals surface area contributed by atoms with Gasteiger partial charge >= 0.3 is 0 Å². The van der Waals surface area contributed by atoms with E-state index in [9.17, 15) is 13.2 Å². The Labute approximate surface area is 102 Å². The first-order chi connectivity index (χ1) is 8.52. The van der Waals surface area contributed by atoms with E-state index in [1.54, 1.807) is 19.1 Å². The van der Waals surface area contributed by atoms with Crippen molar-refractivity contribution in [2.45, 2.75) is 13.0 Å². The van der Waals surface area contributed by atoms with Gasteiger partial charge in [-0.3, -0.25) is 4.98 Å². The second-order valence-electron chi connectivity index (χ2n) is 3.95. The molecule has 0 amide bonds. The minimum Gasteiger partial charge on any atom is -0.319 e. The third-order valence-electron chi connectivity index (χ3n) is 2.74. The molecule has 0 fully saturated rings. The smallest absolute Gasteiger partial charge is 0.194 e. The van der Waals surface area contributed by atoms with Gasteiger partial charge in [-0.05, 0) is 24.6 Å². The fourth-order valence-electron chi connectivity index (χ4n) is 1.75. The van der Waals surface area contributed by atoms with Crippen molar-refractivity contribution in [1.29, 1.82) is 0 Å². The normalized spacial score (nSPS) is 12.5. The molecule has 0 aliphatic carbocycles. The lowest BCUT2D eigenvalue weighted by atomic mass is 10.00. The van der Waals surface area contributed by atoms with Crippen LogP contribution in [0.1, 0.15) is 22.9 Å². The second-order valence-corrected chi connectivity index (χ2v) is 3.95. The van der Waals surface area contributed by atoms with Crippen LogP contribution < -0.4 is 5.73 Å². The Bertz CT molecular complexity index is 584. The molecule has 1 atom stereocenters. The van der Waals surface area contributed by atoms with Gasteiger partial charge in [-0.15, -0.1) is 0 Å². The van der Waals surface area contributed by atoms with Crippen LogP contribution in [0.3, 0.4) is 0 Å². The molecule has 0 aliphatic rings. The highest BCUT2D eigenvalue weighted by atomic mass is 19.2. The van der Waals surface area contributed by atoms with Gasteiger partial charge in [0, 0.05) is 11.8 Å². The van der Waals surface area contributed by atoms with Crippen molar-refractivity contribution in [2.75, 3.05) is 0 Å². The Balaban J connectivity index is 2.50. The summed E-state index contributed by atoms with van der Waals surface area (Å²) in [6.07, 6.45) is 1.51. The van der Waals surface area contributed by atoms with Crippen molar-refractivity contribution in [3.8, 4) is 0 Å². The Morgan fingerprint density at radius 1 is 1.11 bits per heavy atom. The highest BCUT2D eigenvalue weighted by molar-refractivity contribution is 5.33. The predicted octanol–water partition coefficient (Wildman–Crippen LogP) is 2.86. The monoisotopic (exact) mass is 252 g/mol. The summed E-state index contributed by atoms with van der Waals surface area (Å²) in [6.45, 7) is 1.76. The molecule has 0 saturated carbocycles. The number of nitrogens with zero attached hydrogens (tertiary/aromatic N) is 1. The molecule has 5 heteroatoms. The number of hydrogen-bond donors (Lipinski definition) is 1. The van der Waals surface area contributed by atoms with Crippen molar-refractivity contribution >= 4 is 0 Å². The standard InChI is InChI=1S/C13H11F3N2/c1-7-3-2-6-18-13(7)12(17)8-4-5-9(14)11(16)10(8)15/h2-6,12H,17H2,1H3. The van der Waals surface area contributed by atoms with Gasteiger partial charge < -0.3 is 5.73 Å². The summed E-state index contributed by atoms with van der Waals surface area (Å²) in [5.41, 5.74) is 6.92. The van der Waals surface area contributed by atoms with Crippen molar-refractivity contribution < 1.29 is 13.2 Å². The highest BCUT2D eigenvalue weighted by Gasteiger charge is 2.21. The van der Waals surface area contributed by atoms with Crippen molar-refractivity contribution in [3.63, 3.8) is 0 Å². The number of aromatic nitrogens is 1. The molecule has 94 valence electrons. The molecule has 0 spiro atoms. The molecule has 18 heavy (non-hydrogen) atoms. The Hall–Kier alpha value is -1.88. The van der Waals surface area contributed by atoms with E-state index in [1.807, 2.05) is 0 Å². The lowest BCUT2D eigenvalue weighted by molar-refractivity contribution is 0.438. The van der Waals surface area contributed by atoms with Crippen molar-refractivity contribution in [3.05, 3.63) is 64.7 Å². The molecule has 1 unspecified atom stereocenters. The third-order valence-corrected chi connectivity index (χ3v) is 2.74. The highest BCUT2D eigenvalue weighted by Crippen LogP contribution is 2.25. The number of aryl methyl sites for hydroxylation is 1. The second kappa shape index (κ2) is 4.78. The molecule has 2 aromatic rings. The van der Waals surface area contributed by atoms with Crippen LogP contribution in [0.25, 0.3) is 0 Å². The molecule has 0 radical (unpaired) electrons. The molecule has 2 nitrogen and oxygen atoms in total. The summed E-state index contributed by atoms with van der Waals surface area (Å²) >= 11 is 0. The van der Waals surface area contributed by atoms with Gasteiger partial charge in [-0.25, -0.2) is 13.2 Å². The average Bonchev–Trinajstić information content (AvgIpc) is 2.36. The molecular weight excluding hydrogens is 241 g/mol. The van der Waals surface area contributed by atoms with E-state index in [0.717, 1.165) is 17.7 Å². The minimum absolute atomic E-state index is 0.115. The van der Waals surface area contributed by atoms with Crippen LogP contribution in [0.2, 0.25) is 0 Å². The molecule has 1 heterocycles. The van der Waals surface area contributed by atoms with Crippen LogP contribution in [0, 0.1) is 24.4 Å². The van der Waals surface area contributed by atoms with E-state index in [1.165, 1.54) is 6.20 Å². The van der Waals surface area contributed by atoms with Crippen LogP contribution in [0.4, 0.5) is 13.2 Å². The zero-order valence-electron chi connectivity index (χ0n) is 9.62. The van der Waals surface area contributed by atoms with E-state index < -0.39 is 23.5 Å². The first kappa shape index (κ1) is 12.6. The van der Waals surface area contributed by atoms with Crippen molar-refractivity contribution in [2.24, 2.45) is 5.73 Å². The number of halogens is 3. The summed E-state index contributed by atoms with van der Waals surface area (Å²) in [6, 6.07) is 4.53. The van der Waals surface area contributed by atoms with Crippen LogP contribution in [-0.4, -0.2) is 4.98 Å². The summed E-state index contributed by atoms with van der Waals surface area (Å²) < 4.78 is 39.6. The van der Waals surface area contributed by atoms with Crippen molar-refractivity contribution in [1.82, 2.24) is 4.98 Å². The molecule has 1 aromatic carbocycles. The first-order valence-electron chi connectivity index (χ1n) is 5.33. The summed E-state index contributed by atoms with van der Waals surface area (Å²) in [5.74, 6) is -4.02. The lowest BCUT2D eigenvalue weighted by Gasteiger charge is -2.15. The van der Waals surface area contributed by atoms with Gasteiger partial charge in [0.2, 0.25) is 0 Å². The maximum absolute atomic E-state index is 13.6. The van der Waals surface area contributed by atoms with Crippen LogP contribution in [0.15, 0.2) is 30.5 Å². The molecule has 0 aliphatic heterocycles. The Kier molecular flexibility index (Phi) is 3.34. The van der Waals surface area contributed by atoms with Gasteiger partial charge in [0.15, 0.2) is 17.5 Å². The number of nitrogens with two attached hydrogens (primary N) is 1. The summed E-state index contributed by atoms with van der Waals surface area (Å²) in [7, 11) is 0. The minimum atomic E-state index is -1.52. The van der Waals surface area contributed by atoms with E-state index >= 15 is 0 Å². The van der Waals surface area contributed by atoms with E-state index in [0.29, 0.717) is 5.69 Å². The summed E-state index contributed by atoms with van der Waals surface area (Å²) in [4.78, 5) is 4.04. The van der Waals surface area contributed by atoms with Gasteiger partial charge in [0.25, 0.3) is 0 Å². The maximum Gasteiger partial charge on any atom is 0.194 e. The number of pyridine rings is 1. The predicted molar refractivity (Wildman–Crippen MR) is 61.3 cm³/mol. The maximum atomic E-state index is 13.6. The van der Waals surface area contributed by atoms with E-state index in [4.69, 9.17) is 5.73 Å². The summed E-state index contributed by atoms with van der Waals surface area (Å²) in [5, 5.41) is 0. The number of hydrogen-bond acceptors (Lipinski definition) is 2. The lowest BCUT2D eigenvalue weighted by Crippen LogP contribution is -2.17. The van der Waals surface area contributed by atoms with Gasteiger partial charge in [-0.2, -0.15) is 0 Å². The zero-order chi connectivity index (χ0) is 13.3. The SMILES string of the molecule is Cc1cccnc1C(N)c1ccc(F)c(F)c1F. The van der Waals surface area contributed by atoms with E-state index in [-0.39, 0.29) is 5.56 Å². The molecular formula is C13H11F3N2.